The van der Waals surface area contributed by atoms with Crippen molar-refractivity contribution in [2.24, 2.45) is 9.98 Å². The van der Waals surface area contributed by atoms with Gasteiger partial charge in [-0.3, -0.25) is 5.32 Å². The van der Waals surface area contributed by atoms with Crippen LogP contribution >= 0.6 is 0 Å². The lowest BCUT2D eigenvalue weighted by atomic mass is 10.1. The first-order valence-electron chi connectivity index (χ1n) is 17.8. The predicted octanol–water partition coefficient (Wildman–Crippen LogP) is 9.26. The summed E-state index contributed by atoms with van der Waals surface area (Å²) in [6.45, 7) is 0.616. The number of nitrogens with zero attached hydrogens (tertiary/aromatic N) is 6. The summed E-state index contributed by atoms with van der Waals surface area (Å²) in [7, 11) is 4.22. The summed E-state index contributed by atoms with van der Waals surface area (Å²) in [4.78, 5) is 14.9. The highest BCUT2D eigenvalue weighted by molar-refractivity contribution is 6.19. The lowest BCUT2D eigenvalue weighted by Gasteiger charge is -2.37. The molecule has 0 saturated carbocycles. The molecule has 2 aliphatic heterocycles. The van der Waals surface area contributed by atoms with Gasteiger partial charge in [0.2, 0.25) is 0 Å². The third kappa shape index (κ3) is 4.77. The molecule has 2 atom stereocenters. The molecule has 0 aliphatic carbocycles. The molecular formula is C45H37N7. The Morgan fingerprint density at radius 1 is 0.596 bits per heavy atom. The van der Waals surface area contributed by atoms with Crippen molar-refractivity contribution in [1.82, 2.24) is 24.3 Å². The minimum atomic E-state index is -0.191. The van der Waals surface area contributed by atoms with Crippen LogP contribution in [0.15, 0.2) is 173 Å². The van der Waals surface area contributed by atoms with Crippen LogP contribution in [-0.4, -0.2) is 51.2 Å². The molecule has 0 bridgehead atoms. The van der Waals surface area contributed by atoms with Gasteiger partial charge < -0.3 is 18.9 Å². The molecule has 2 aliphatic rings. The molecule has 7 heteroatoms. The van der Waals surface area contributed by atoms with Gasteiger partial charge in [-0.1, -0.05) is 115 Å². The van der Waals surface area contributed by atoms with Gasteiger partial charge in [0, 0.05) is 65.2 Å². The standard InChI is InChI=1S/C45H37N7/c1-49-29-32(42-47-43(30-16-6-3-7-17-30)50(2)44(48-42)31-18-8-4-9-19-31)28-46-45(49)52-39-25-15-13-23-35(39)37-26-36-34-22-12-14-24-38(34)51(40(36)27-41(37)52)33-20-10-5-11-21-33/h3-27,29,43,45-46H,28H2,1-2H3. The third-order valence-electron chi connectivity index (χ3n) is 10.6. The molecule has 7 nitrogen and oxygen atoms in total. The monoisotopic (exact) mass is 675 g/mol. The fourth-order valence-electron chi connectivity index (χ4n) is 8.16. The SMILES string of the molecule is CN1C=C(C2=NC(c3ccccc3)N(C)C(c3ccccc3)=N2)CNC1n1c2ccccc2c2cc3c4ccccc4n(-c4ccccc4)c3cc21. The van der Waals surface area contributed by atoms with E-state index in [9.17, 15) is 0 Å². The molecule has 52 heavy (non-hydrogen) atoms. The number of hydrogen-bond acceptors (Lipinski definition) is 5. The predicted molar refractivity (Wildman–Crippen MR) is 214 cm³/mol. The maximum absolute atomic E-state index is 5.26. The van der Waals surface area contributed by atoms with E-state index in [2.05, 4.69) is 184 Å². The van der Waals surface area contributed by atoms with Crippen molar-refractivity contribution in [3.05, 3.63) is 175 Å². The molecule has 2 aromatic heterocycles. The Kier molecular flexibility index (Phi) is 7.08. The number of amidine groups is 2. The van der Waals surface area contributed by atoms with Crippen LogP contribution in [0, 0.1) is 0 Å². The number of aliphatic imine (C=N–C) groups is 2. The van der Waals surface area contributed by atoms with Crippen LogP contribution in [0.2, 0.25) is 0 Å². The molecule has 0 amide bonds. The van der Waals surface area contributed by atoms with Gasteiger partial charge in [-0.25, -0.2) is 9.98 Å². The molecule has 252 valence electrons. The van der Waals surface area contributed by atoms with Crippen LogP contribution in [0.25, 0.3) is 49.3 Å². The number of hydrogen-bond donors (Lipinski definition) is 1. The summed E-state index contributed by atoms with van der Waals surface area (Å²) in [6.07, 6.45) is 1.90. The van der Waals surface area contributed by atoms with E-state index < -0.39 is 0 Å². The molecule has 0 fully saturated rings. The molecule has 10 rings (SSSR count). The van der Waals surface area contributed by atoms with Gasteiger partial charge in [0.25, 0.3) is 0 Å². The molecule has 6 aromatic carbocycles. The van der Waals surface area contributed by atoms with Gasteiger partial charge in [0.15, 0.2) is 12.1 Å². The third-order valence-corrected chi connectivity index (χ3v) is 10.6. The largest absolute Gasteiger partial charge is 0.348 e. The molecule has 0 spiro atoms. The van der Waals surface area contributed by atoms with Crippen LogP contribution in [0.4, 0.5) is 0 Å². The highest BCUT2D eigenvalue weighted by Crippen LogP contribution is 2.40. The normalized spacial score (nSPS) is 17.9. The fraction of sp³-hybridized carbons (Fsp3) is 0.111. The van der Waals surface area contributed by atoms with E-state index in [1.165, 1.54) is 43.6 Å². The van der Waals surface area contributed by atoms with E-state index in [1.807, 2.05) is 12.1 Å². The van der Waals surface area contributed by atoms with Crippen LogP contribution < -0.4 is 5.32 Å². The van der Waals surface area contributed by atoms with E-state index in [-0.39, 0.29) is 12.5 Å². The van der Waals surface area contributed by atoms with Crippen molar-refractivity contribution in [3.63, 3.8) is 0 Å². The second-order valence-corrected chi connectivity index (χ2v) is 13.7. The maximum atomic E-state index is 5.26. The Hall–Kier alpha value is -6.44. The van der Waals surface area contributed by atoms with E-state index in [1.54, 1.807) is 0 Å². The van der Waals surface area contributed by atoms with Crippen molar-refractivity contribution in [2.45, 2.75) is 12.5 Å². The van der Waals surface area contributed by atoms with E-state index in [0.29, 0.717) is 6.54 Å². The summed E-state index contributed by atoms with van der Waals surface area (Å²) >= 11 is 0. The summed E-state index contributed by atoms with van der Waals surface area (Å²) in [5.41, 5.74) is 9.16. The maximum Gasteiger partial charge on any atom is 0.161 e. The van der Waals surface area contributed by atoms with Crippen molar-refractivity contribution in [2.75, 3.05) is 20.6 Å². The number of fused-ring (bicyclic) bond motifs is 6. The summed E-state index contributed by atoms with van der Waals surface area (Å²) in [6, 6.07) is 53.8. The highest BCUT2D eigenvalue weighted by Gasteiger charge is 2.31. The zero-order chi connectivity index (χ0) is 34.8. The molecule has 2 unspecified atom stereocenters. The quantitative estimate of drug-likeness (QED) is 0.198. The molecule has 4 heterocycles. The minimum absolute atomic E-state index is 0.132. The average molecular weight is 676 g/mol. The smallest absolute Gasteiger partial charge is 0.161 e. The first kappa shape index (κ1) is 30.4. The van der Waals surface area contributed by atoms with Crippen LogP contribution in [-0.2, 0) is 0 Å². The van der Waals surface area contributed by atoms with E-state index >= 15 is 0 Å². The fourth-order valence-corrected chi connectivity index (χ4v) is 8.16. The summed E-state index contributed by atoms with van der Waals surface area (Å²) < 4.78 is 4.85. The second-order valence-electron chi connectivity index (χ2n) is 13.7. The van der Waals surface area contributed by atoms with Crippen LogP contribution in [0.1, 0.15) is 23.6 Å². The number of nitrogens with one attached hydrogen (secondary N) is 1. The van der Waals surface area contributed by atoms with Crippen molar-refractivity contribution < 1.29 is 0 Å². The van der Waals surface area contributed by atoms with Gasteiger partial charge in [-0.2, -0.15) is 0 Å². The van der Waals surface area contributed by atoms with Crippen molar-refractivity contribution in [3.8, 4) is 5.69 Å². The molecular weight excluding hydrogens is 639 g/mol. The lowest BCUT2D eigenvalue weighted by molar-refractivity contribution is 0.199. The van der Waals surface area contributed by atoms with Gasteiger partial charge >= 0.3 is 0 Å². The van der Waals surface area contributed by atoms with Crippen LogP contribution in [0.3, 0.4) is 0 Å². The lowest BCUT2D eigenvalue weighted by Crippen LogP contribution is -2.44. The summed E-state index contributed by atoms with van der Waals surface area (Å²) in [5, 5.41) is 8.88. The number of rotatable bonds is 5. The summed E-state index contributed by atoms with van der Waals surface area (Å²) in [5.74, 6) is 1.66. The second kappa shape index (κ2) is 12.1. The Bertz CT molecular complexity index is 2720. The Morgan fingerprint density at radius 3 is 1.94 bits per heavy atom. The number of para-hydroxylation sites is 3. The molecule has 0 saturated heterocycles. The Labute approximate surface area is 302 Å². The highest BCUT2D eigenvalue weighted by atomic mass is 15.4. The van der Waals surface area contributed by atoms with Gasteiger partial charge in [-0.15, -0.1) is 0 Å². The first-order valence-corrected chi connectivity index (χ1v) is 17.8. The van der Waals surface area contributed by atoms with E-state index in [4.69, 9.17) is 9.98 Å². The topological polar surface area (TPSA) is 53.1 Å². The molecule has 0 radical (unpaired) electrons. The average Bonchev–Trinajstić information content (AvgIpc) is 3.70. The number of aromatic nitrogens is 2. The Morgan fingerprint density at radius 2 is 1.21 bits per heavy atom. The number of benzene rings is 6. The molecule has 8 aromatic rings. The first-order chi connectivity index (χ1) is 25.6. The van der Waals surface area contributed by atoms with Crippen molar-refractivity contribution in [1.29, 1.82) is 0 Å². The molecule has 1 N–H and O–H groups in total. The minimum Gasteiger partial charge on any atom is -0.348 e. The van der Waals surface area contributed by atoms with Crippen LogP contribution in [0.5, 0.6) is 0 Å². The zero-order valence-corrected chi connectivity index (χ0v) is 29.1. The van der Waals surface area contributed by atoms with E-state index in [0.717, 1.165) is 34.1 Å². The van der Waals surface area contributed by atoms with Gasteiger partial charge in [0.1, 0.15) is 12.0 Å². The van der Waals surface area contributed by atoms with Gasteiger partial charge in [-0.05, 0) is 42.0 Å². The Balaban J connectivity index is 1.12. The zero-order valence-electron chi connectivity index (χ0n) is 29.1. The van der Waals surface area contributed by atoms with Crippen molar-refractivity contribution >= 4 is 55.3 Å². The van der Waals surface area contributed by atoms with Gasteiger partial charge in [0.05, 0.1) is 22.1 Å².